The van der Waals surface area contributed by atoms with Crippen LogP contribution in [-0.2, 0) is 16.6 Å². The van der Waals surface area contributed by atoms with E-state index in [2.05, 4.69) is 9.82 Å². The van der Waals surface area contributed by atoms with Crippen molar-refractivity contribution in [3.63, 3.8) is 0 Å². The summed E-state index contributed by atoms with van der Waals surface area (Å²) in [6, 6.07) is 8.16. The van der Waals surface area contributed by atoms with Gasteiger partial charge in [0.15, 0.2) is 0 Å². The van der Waals surface area contributed by atoms with Gasteiger partial charge in [-0.25, -0.2) is 13.1 Å². The Labute approximate surface area is 124 Å². The van der Waals surface area contributed by atoms with Crippen molar-refractivity contribution < 1.29 is 13.5 Å². The summed E-state index contributed by atoms with van der Waals surface area (Å²) in [5.74, 6) is 0. The first-order valence-corrected chi connectivity index (χ1v) is 8.26. The molecule has 0 fully saturated rings. The van der Waals surface area contributed by atoms with Gasteiger partial charge in [0.2, 0.25) is 10.0 Å². The Morgan fingerprint density at radius 3 is 2.86 bits per heavy atom. The molecule has 0 radical (unpaired) electrons. The predicted octanol–water partition coefficient (Wildman–Crippen LogP) is 1.31. The van der Waals surface area contributed by atoms with Gasteiger partial charge in [-0.2, -0.15) is 5.10 Å². The molecule has 0 aliphatic carbocycles. The van der Waals surface area contributed by atoms with Crippen LogP contribution in [-0.4, -0.2) is 29.8 Å². The largest absolute Gasteiger partial charge is 0.388 e. The summed E-state index contributed by atoms with van der Waals surface area (Å²) in [4.78, 5) is 0.160. The second-order valence-corrected chi connectivity index (χ2v) is 6.43. The molecular formula is C14H19N3O3S. The molecule has 7 heteroatoms. The highest BCUT2D eigenvalue weighted by molar-refractivity contribution is 7.89. The van der Waals surface area contributed by atoms with Crippen molar-refractivity contribution in [1.82, 2.24) is 14.5 Å². The number of hydrogen-bond acceptors (Lipinski definition) is 4. The normalized spacial score (nSPS) is 13.2. The number of sulfonamides is 1. The first-order chi connectivity index (χ1) is 10.0. The van der Waals surface area contributed by atoms with E-state index in [9.17, 15) is 13.5 Å². The zero-order valence-corrected chi connectivity index (χ0v) is 12.6. The summed E-state index contributed by atoms with van der Waals surface area (Å²) < 4.78 is 28.6. The van der Waals surface area contributed by atoms with E-state index >= 15 is 0 Å². The van der Waals surface area contributed by atoms with E-state index in [1.165, 1.54) is 12.1 Å². The third-order valence-corrected chi connectivity index (χ3v) is 4.59. The van der Waals surface area contributed by atoms with Gasteiger partial charge in [-0.15, -0.1) is 0 Å². The molecule has 0 bridgehead atoms. The summed E-state index contributed by atoms with van der Waals surface area (Å²) in [6.07, 6.45) is 3.30. The molecule has 114 valence electrons. The number of aliphatic hydroxyl groups excluding tert-OH is 1. The van der Waals surface area contributed by atoms with Crippen molar-refractivity contribution >= 4 is 10.0 Å². The highest BCUT2D eigenvalue weighted by Gasteiger charge is 2.15. The van der Waals surface area contributed by atoms with Crippen molar-refractivity contribution in [1.29, 1.82) is 0 Å². The summed E-state index contributed by atoms with van der Waals surface area (Å²) in [6.45, 7) is 2.56. The van der Waals surface area contributed by atoms with Crippen LogP contribution in [0.25, 0.3) is 0 Å². The lowest BCUT2D eigenvalue weighted by molar-refractivity contribution is 0.173. The number of benzene rings is 1. The highest BCUT2D eigenvalue weighted by atomic mass is 32.2. The van der Waals surface area contributed by atoms with Crippen molar-refractivity contribution in [3.05, 3.63) is 48.3 Å². The molecule has 0 saturated heterocycles. The molecular weight excluding hydrogens is 290 g/mol. The maximum absolute atomic E-state index is 12.2. The quantitative estimate of drug-likeness (QED) is 0.807. The second-order valence-electron chi connectivity index (χ2n) is 4.66. The summed E-state index contributed by atoms with van der Waals surface area (Å²) in [5, 5.41) is 13.8. The van der Waals surface area contributed by atoms with Crippen molar-refractivity contribution in [3.8, 4) is 0 Å². The van der Waals surface area contributed by atoms with Crippen LogP contribution in [0.2, 0.25) is 0 Å². The zero-order chi connectivity index (χ0) is 15.3. The van der Waals surface area contributed by atoms with Crippen LogP contribution in [0.3, 0.4) is 0 Å². The molecule has 2 rings (SSSR count). The van der Waals surface area contributed by atoms with Crippen LogP contribution in [0.4, 0.5) is 0 Å². The fourth-order valence-electron chi connectivity index (χ4n) is 1.94. The molecule has 1 atom stereocenters. The Kier molecular flexibility index (Phi) is 5.11. The molecule has 2 N–H and O–H groups in total. The summed E-state index contributed by atoms with van der Waals surface area (Å²) in [5.41, 5.74) is 0.604. The van der Waals surface area contributed by atoms with Crippen LogP contribution in [0.5, 0.6) is 0 Å². The van der Waals surface area contributed by atoms with Gasteiger partial charge >= 0.3 is 0 Å². The summed E-state index contributed by atoms with van der Waals surface area (Å²) in [7, 11) is -3.58. The Morgan fingerprint density at radius 1 is 1.38 bits per heavy atom. The van der Waals surface area contributed by atoms with Crippen LogP contribution in [0.1, 0.15) is 25.0 Å². The molecule has 6 nitrogen and oxygen atoms in total. The number of nitrogens with one attached hydrogen (secondary N) is 1. The fourth-order valence-corrected chi connectivity index (χ4v) is 3.01. The smallest absolute Gasteiger partial charge is 0.240 e. The van der Waals surface area contributed by atoms with Crippen LogP contribution < -0.4 is 4.72 Å². The maximum Gasteiger partial charge on any atom is 0.240 e. The van der Waals surface area contributed by atoms with E-state index < -0.39 is 16.1 Å². The number of aromatic nitrogens is 2. The standard InChI is InChI=1S/C14H19N3O3S/c1-2-14(18)12-5-3-6-13(11-12)21(19,20)16-8-10-17-9-4-7-15-17/h3-7,9,11,14,16,18H,2,8,10H2,1H3. The molecule has 0 saturated carbocycles. The number of aliphatic hydroxyl groups is 1. The molecule has 1 heterocycles. The first kappa shape index (κ1) is 15.7. The third-order valence-electron chi connectivity index (χ3n) is 3.13. The van der Waals surface area contributed by atoms with Crippen LogP contribution in [0.15, 0.2) is 47.6 Å². The molecule has 1 aromatic carbocycles. The average molecular weight is 309 g/mol. The van der Waals surface area contributed by atoms with Gasteiger partial charge in [-0.3, -0.25) is 4.68 Å². The molecule has 0 amide bonds. The Hall–Kier alpha value is -1.70. The van der Waals surface area contributed by atoms with Gasteiger partial charge in [0.05, 0.1) is 17.5 Å². The van der Waals surface area contributed by atoms with Crippen molar-refractivity contribution in [2.75, 3.05) is 6.54 Å². The lowest BCUT2D eigenvalue weighted by atomic mass is 10.1. The number of hydrogen-bond donors (Lipinski definition) is 2. The van der Waals surface area contributed by atoms with E-state index in [1.54, 1.807) is 35.3 Å². The lowest BCUT2D eigenvalue weighted by Gasteiger charge is -2.11. The Bertz CT molecular complexity index is 669. The van der Waals surface area contributed by atoms with Crippen molar-refractivity contribution in [2.24, 2.45) is 0 Å². The second kappa shape index (κ2) is 6.84. The Balaban J connectivity index is 2.05. The van der Waals surface area contributed by atoms with Crippen LogP contribution in [0, 0.1) is 0 Å². The van der Waals surface area contributed by atoms with E-state index in [1.807, 2.05) is 6.92 Å². The minimum absolute atomic E-state index is 0.160. The highest BCUT2D eigenvalue weighted by Crippen LogP contribution is 2.19. The van der Waals surface area contributed by atoms with Crippen LogP contribution >= 0.6 is 0 Å². The minimum Gasteiger partial charge on any atom is -0.388 e. The predicted molar refractivity (Wildman–Crippen MR) is 79.1 cm³/mol. The average Bonchev–Trinajstić information content (AvgIpc) is 2.99. The molecule has 2 aromatic rings. The number of rotatable bonds is 7. The van der Waals surface area contributed by atoms with E-state index in [0.717, 1.165) is 0 Å². The van der Waals surface area contributed by atoms with Gasteiger partial charge in [-0.1, -0.05) is 19.1 Å². The number of nitrogens with zero attached hydrogens (tertiary/aromatic N) is 2. The van der Waals surface area contributed by atoms with E-state index in [0.29, 0.717) is 18.5 Å². The van der Waals surface area contributed by atoms with Gasteiger partial charge < -0.3 is 5.11 Å². The minimum atomic E-state index is -3.58. The molecule has 1 aromatic heterocycles. The monoisotopic (exact) mass is 309 g/mol. The molecule has 0 aliphatic heterocycles. The lowest BCUT2D eigenvalue weighted by Crippen LogP contribution is -2.27. The van der Waals surface area contributed by atoms with Crippen molar-refractivity contribution in [2.45, 2.75) is 30.9 Å². The van der Waals surface area contributed by atoms with E-state index in [4.69, 9.17) is 0 Å². The summed E-state index contributed by atoms with van der Waals surface area (Å²) >= 11 is 0. The fraction of sp³-hybridized carbons (Fsp3) is 0.357. The zero-order valence-electron chi connectivity index (χ0n) is 11.8. The molecule has 21 heavy (non-hydrogen) atoms. The maximum atomic E-state index is 12.2. The molecule has 0 spiro atoms. The SMILES string of the molecule is CCC(O)c1cccc(S(=O)(=O)NCCn2cccn2)c1. The van der Waals surface area contributed by atoms with Gasteiger partial charge in [0.25, 0.3) is 0 Å². The van der Waals surface area contributed by atoms with Gasteiger partial charge in [-0.05, 0) is 30.2 Å². The molecule has 1 unspecified atom stereocenters. The first-order valence-electron chi connectivity index (χ1n) is 6.78. The van der Waals surface area contributed by atoms with E-state index in [-0.39, 0.29) is 11.4 Å². The third kappa shape index (κ3) is 4.13. The molecule has 0 aliphatic rings. The van der Waals surface area contributed by atoms with Gasteiger partial charge in [0.1, 0.15) is 0 Å². The van der Waals surface area contributed by atoms with Gasteiger partial charge in [0, 0.05) is 18.9 Å². The topological polar surface area (TPSA) is 84.2 Å². The Morgan fingerprint density at radius 2 is 2.19 bits per heavy atom.